The molecule has 6 nitrogen and oxygen atoms in total. The van der Waals surface area contributed by atoms with Crippen molar-refractivity contribution in [3.05, 3.63) is 123 Å². The predicted molar refractivity (Wildman–Crippen MR) is 134 cm³/mol. The Balaban J connectivity index is 0.000000187. The molecule has 2 aromatic carbocycles. The van der Waals surface area contributed by atoms with Gasteiger partial charge in [0.15, 0.2) is 18.9 Å². The Morgan fingerprint density at radius 3 is 2.00 bits per heavy atom. The molecule has 0 atom stereocenters. The molecule has 1 N–H and O–H groups in total. The summed E-state index contributed by atoms with van der Waals surface area (Å²) in [5, 5.41) is 7.80. The first kappa shape index (κ1) is 25.3. The fourth-order valence-corrected chi connectivity index (χ4v) is 5.74. The van der Waals surface area contributed by atoms with Gasteiger partial charge in [-0.3, -0.25) is 5.41 Å². The quantitative estimate of drug-likeness (QED) is 0.395. The Labute approximate surface area is 208 Å². The highest BCUT2D eigenvalue weighted by molar-refractivity contribution is 7.95. The lowest BCUT2D eigenvalue weighted by Gasteiger charge is -2.17. The number of nitrogens with one attached hydrogen (secondary N) is 1. The molecule has 0 saturated heterocycles. The molecule has 0 amide bonds. The molecule has 0 bridgehead atoms. The van der Waals surface area contributed by atoms with Crippen molar-refractivity contribution in [3.8, 4) is 0 Å². The summed E-state index contributed by atoms with van der Waals surface area (Å²) in [6.07, 6.45) is 6.40. The van der Waals surface area contributed by atoms with Gasteiger partial charge in [0.25, 0.3) is 0 Å². The summed E-state index contributed by atoms with van der Waals surface area (Å²) in [4.78, 5) is -2.83. The molecule has 0 radical (unpaired) electrons. The second-order valence-corrected chi connectivity index (χ2v) is 10.8. The SMILES string of the molecule is Cc1cc[n+](Cc2ccccc2)cc1.N=C1C2=Cc3ccccc3C2=CC(S(=O)(=O)F)=C1S(=O)(=O)F. The van der Waals surface area contributed by atoms with Crippen molar-refractivity contribution in [2.45, 2.75) is 13.5 Å². The highest BCUT2D eigenvalue weighted by Crippen LogP contribution is 2.43. The molecule has 1 heterocycles. The molecule has 36 heavy (non-hydrogen) atoms. The van der Waals surface area contributed by atoms with Crippen molar-refractivity contribution in [2.75, 3.05) is 0 Å². The number of aromatic nitrogens is 1. The van der Waals surface area contributed by atoms with Gasteiger partial charge < -0.3 is 0 Å². The summed E-state index contributed by atoms with van der Waals surface area (Å²) in [6.45, 7) is 3.05. The van der Waals surface area contributed by atoms with Crippen LogP contribution in [-0.2, 0) is 27.0 Å². The maximum absolute atomic E-state index is 13.4. The smallest absolute Gasteiger partial charge is 0.299 e. The van der Waals surface area contributed by atoms with Crippen LogP contribution in [0.2, 0.25) is 0 Å². The zero-order valence-corrected chi connectivity index (χ0v) is 20.7. The average molecular weight is 528 g/mol. The topological polar surface area (TPSA) is 96.0 Å². The first-order chi connectivity index (χ1) is 16.9. The van der Waals surface area contributed by atoms with E-state index in [-0.39, 0.29) is 11.1 Å². The van der Waals surface area contributed by atoms with Gasteiger partial charge >= 0.3 is 20.4 Å². The van der Waals surface area contributed by atoms with E-state index in [9.17, 15) is 24.6 Å². The van der Waals surface area contributed by atoms with E-state index in [0.29, 0.717) is 11.1 Å². The fourth-order valence-electron chi connectivity index (χ4n) is 3.91. The summed E-state index contributed by atoms with van der Waals surface area (Å²) in [7, 11) is -11.1. The van der Waals surface area contributed by atoms with Gasteiger partial charge in [-0.2, -0.15) is 16.8 Å². The van der Waals surface area contributed by atoms with Gasteiger partial charge in [-0.05, 0) is 41.3 Å². The molecular formula is C26H21F2N2O4S2+. The van der Waals surface area contributed by atoms with Gasteiger partial charge in [0, 0.05) is 23.3 Å². The highest BCUT2D eigenvalue weighted by Gasteiger charge is 2.39. The third-order valence-corrected chi connectivity index (χ3v) is 7.50. The summed E-state index contributed by atoms with van der Waals surface area (Å²) in [5.41, 5.74) is 3.07. The molecule has 0 unspecified atom stereocenters. The van der Waals surface area contributed by atoms with Crippen LogP contribution in [0.4, 0.5) is 7.77 Å². The molecule has 0 fully saturated rings. The number of aryl methyl sites for hydroxylation is 1. The second kappa shape index (κ2) is 9.71. The van der Waals surface area contributed by atoms with Crippen molar-refractivity contribution in [1.29, 1.82) is 5.41 Å². The Bertz CT molecular complexity index is 1660. The number of benzene rings is 2. The van der Waals surface area contributed by atoms with E-state index in [4.69, 9.17) is 5.41 Å². The van der Waals surface area contributed by atoms with Gasteiger partial charge in [0.1, 0.15) is 9.81 Å². The Morgan fingerprint density at radius 1 is 0.778 bits per heavy atom. The number of allylic oxidation sites excluding steroid dienone is 4. The number of rotatable bonds is 4. The number of nitrogens with zero attached hydrogens (tertiary/aromatic N) is 1. The fraction of sp³-hybridized carbons (Fsp3) is 0.0769. The van der Waals surface area contributed by atoms with Crippen molar-refractivity contribution >= 4 is 37.8 Å². The van der Waals surface area contributed by atoms with E-state index in [2.05, 4.69) is 60.3 Å². The molecule has 0 spiro atoms. The van der Waals surface area contributed by atoms with Crippen molar-refractivity contribution in [2.24, 2.45) is 0 Å². The van der Waals surface area contributed by atoms with Gasteiger partial charge in [-0.15, -0.1) is 7.77 Å². The average Bonchev–Trinajstić information content (AvgIpc) is 3.20. The Morgan fingerprint density at radius 2 is 1.39 bits per heavy atom. The van der Waals surface area contributed by atoms with Gasteiger partial charge in [0.05, 0.1) is 5.71 Å². The standard InChI is InChI=1S/C13H7F2NO4S2.C13H14N/c14-21(17,18)11-6-9-8-4-2-1-3-7(8)5-10(9)12(16)13(11)22(15,19)20;1-12-7-9-14(10-8-12)11-13-5-3-2-4-6-13/h1-6,16H;2-10H,11H2,1H3/q;+1. The van der Waals surface area contributed by atoms with Crippen LogP contribution in [0.25, 0.3) is 11.6 Å². The van der Waals surface area contributed by atoms with Crippen molar-refractivity contribution < 1.29 is 29.2 Å². The zero-order valence-electron chi connectivity index (χ0n) is 19.0. The molecule has 0 saturated carbocycles. The van der Waals surface area contributed by atoms with E-state index in [0.717, 1.165) is 12.6 Å². The summed E-state index contributed by atoms with van der Waals surface area (Å²) >= 11 is 0. The second-order valence-electron chi connectivity index (χ2n) is 8.18. The third kappa shape index (κ3) is 5.39. The zero-order chi connectivity index (χ0) is 26.1. The van der Waals surface area contributed by atoms with Crippen LogP contribution < -0.4 is 4.57 Å². The van der Waals surface area contributed by atoms with Crippen LogP contribution in [0.15, 0.2) is 101 Å². The number of fused-ring (bicyclic) bond motifs is 3. The number of pyridine rings is 1. The van der Waals surface area contributed by atoms with Gasteiger partial charge in [-0.25, -0.2) is 4.57 Å². The predicted octanol–water partition coefficient (Wildman–Crippen LogP) is 4.64. The molecule has 184 valence electrons. The maximum Gasteiger partial charge on any atom is 0.335 e. The maximum atomic E-state index is 13.4. The minimum absolute atomic E-state index is 0.0322. The molecular weight excluding hydrogens is 506 g/mol. The van der Waals surface area contributed by atoms with Crippen LogP contribution in [0.5, 0.6) is 0 Å². The molecule has 5 rings (SSSR count). The minimum atomic E-state index is -5.58. The Hall–Kier alpha value is -3.76. The largest absolute Gasteiger partial charge is 0.335 e. The van der Waals surface area contributed by atoms with Crippen molar-refractivity contribution in [3.63, 3.8) is 0 Å². The van der Waals surface area contributed by atoms with Crippen LogP contribution in [0.3, 0.4) is 0 Å². The summed E-state index contributed by atoms with van der Waals surface area (Å²) in [6, 6.07) is 21.3. The van der Waals surface area contributed by atoms with Crippen LogP contribution in [-0.4, -0.2) is 22.5 Å². The van der Waals surface area contributed by atoms with Crippen LogP contribution >= 0.6 is 0 Å². The highest BCUT2D eigenvalue weighted by atomic mass is 32.3. The molecule has 1 aromatic heterocycles. The lowest BCUT2D eigenvalue weighted by Crippen LogP contribution is -2.32. The molecule has 2 aliphatic carbocycles. The number of halogens is 2. The van der Waals surface area contributed by atoms with E-state index in [1.807, 2.05) is 6.07 Å². The number of hydrogen-bond donors (Lipinski definition) is 1. The van der Waals surface area contributed by atoms with E-state index < -0.39 is 36.0 Å². The summed E-state index contributed by atoms with van der Waals surface area (Å²) in [5.74, 6) is 0. The van der Waals surface area contributed by atoms with E-state index in [1.165, 1.54) is 17.2 Å². The monoisotopic (exact) mass is 527 g/mol. The Kier molecular flexibility index (Phi) is 6.83. The normalized spacial score (nSPS) is 14.8. The molecule has 2 aliphatic rings. The van der Waals surface area contributed by atoms with Gasteiger partial charge in [0.2, 0.25) is 0 Å². The van der Waals surface area contributed by atoms with Crippen molar-refractivity contribution in [1.82, 2.24) is 0 Å². The molecule has 0 aliphatic heterocycles. The molecule has 10 heteroatoms. The van der Waals surface area contributed by atoms with E-state index >= 15 is 0 Å². The molecule has 3 aromatic rings. The summed E-state index contributed by atoms with van der Waals surface area (Å²) < 4.78 is 73.6. The lowest BCUT2D eigenvalue weighted by atomic mass is 9.95. The third-order valence-electron chi connectivity index (χ3n) is 5.61. The minimum Gasteiger partial charge on any atom is -0.299 e. The first-order valence-electron chi connectivity index (χ1n) is 10.7. The number of hydrogen-bond acceptors (Lipinski definition) is 5. The van der Waals surface area contributed by atoms with E-state index in [1.54, 1.807) is 24.3 Å². The van der Waals surface area contributed by atoms with Crippen LogP contribution in [0, 0.1) is 12.3 Å². The van der Waals surface area contributed by atoms with Crippen LogP contribution in [0.1, 0.15) is 22.3 Å². The lowest BCUT2D eigenvalue weighted by molar-refractivity contribution is -0.688. The first-order valence-corrected chi connectivity index (χ1v) is 13.5. The van der Waals surface area contributed by atoms with Gasteiger partial charge in [-0.1, -0.05) is 54.6 Å².